The first-order valence-electron chi connectivity index (χ1n) is 6.89. The first-order valence-corrected chi connectivity index (χ1v) is 7.27. The lowest BCUT2D eigenvalue weighted by molar-refractivity contribution is 0.628. The zero-order valence-corrected chi connectivity index (χ0v) is 14.1. The third-order valence-corrected chi connectivity index (χ3v) is 3.64. The van der Waals surface area contributed by atoms with Gasteiger partial charge in [-0.2, -0.15) is 0 Å². The molecule has 1 heterocycles. The Morgan fingerprint density at radius 1 is 1.35 bits per heavy atom. The Kier molecular flexibility index (Phi) is 4.71. The van der Waals surface area contributed by atoms with Gasteiger partial charge in [0.2, 0.25) is 0 Å². The van der Waals surface area contributed by atoms with E-state index in [0.717, 1.165) is 0 Å². The standard InChI is InChI=1S/C17H18ClFN4/c1-6-10-14(9(2)3)21-17(22-16(10)20)11-7-8-12(18)15(13(11)19)23(4)5/h6-8H,1-2H2,3-5H3,(H2,20,21,22). The molecule has 0 bridgehead atoms. The Morgan fingerprint density at radius 3 is 2.52 bits per heavy atom. The highest BCUT2D eigenvalue weighted by Gasteiger charge is 2.19. The van der Waals surface area contributed by atoms with E-state index in [4.69, 9.17) is 17.3 Å². The quantitative estimate of drug-likeness (QED) is 0.908. The number of halogens is 2. The minimum absolute atomic E-state index is 0.184. The molecule has 0 saturated heterocycles. The average molecular weight is 333 g/mol. The summed E-state index contributed by atoms with van der Waals surface area (Å²) in [5, 5.41) is 0.312. The first kappa shape index (κ1) is 17.0. The third-order valence-electron chi connectivity index (χ3n) is 3.34. The Labute approximate surface area is 140 Å². The van der Waals surface area contributed by atoms with Crippen molar-refractivity contribution in [2.45, 2.75) is 6.92 Å². The van der Waals surface area contributed by atoms with E-state index in [2.05, 4.69) is 23.1 Å². The largest absolute Gasteiger partial charge is 0.383 e. The minimum Gasteiger partial charge on any atom is -0.383 e. The van der Waals surface area contributed by atoms with E-state index in [9.17, 15) is 4.39 Å². The molecule has 0 radical (unpaired) electrons. The van der Waals surface area contributed by atoms with Crippen LogP contribution in [0.1, 0.15) is 18.2 Å². The summed E-state index contributed by atoms with van der Waals surface area (Å²) in [7, 11) is 3.42. The molecule has 2 aromatic rings. The SMILES string of the molecule is C=Cc1c(N)nc(-c2ccc(Cl)c(N(C)C)c2F)nc1C(=C)C. The Morgan fingerprint density at radius 2 is 2.00 bits per heavy atom. The highest BCUT2D eigenvalue weighted by Crippen LogP contribution is 2.34. The normalized spacial score (nSPS) is 10.5. The molecular formula is C17H18ClFN4. The second kappa shape index (κ2) is 6.38. The van der Waals surface area contributed by atoms with Gasteiger partial charge in [0.05, 0.1) is 22.0 Å². The number of rotatable bonds is 4. The van der Waals surface area contributed by atoms with Gasteiger partial charge in [-0.3, -0.25) is 0 Å². The van der Waals surface area contributed by atoms with Crippen LogP contribution >= 0.6 is 11.6 Å². The Hall–Kier alpha value is -2.40. The molecule has 1 aromatic carbocycles. The molecule has 0 spiro atoms. The van der Waals surface area contributed by atoms with E-state index in [1.165, 1.54) is 6.07 Å². The predicted octanol–water partition coefficient (Wildman–Crippen LogP) is 4.26. The van der Waals surface area contributed by atoms with Gasteiger partial charge >= 0.3 is 0 Å². The summed E-state index contributed by atoms with van der Waals surface area (Å²) < 4.78 is 14.8. The second-order valence-corrected chi connectivity index (χ2v) is 5.74. The number of nitrogens with two attached hydrogens (primary N) is 1. The molecule has 0 atom stereocenters. The Balaban J connectivity index is 2.76. The summed E-state index contributed by atoms with van der Waals surface area (Å²) in [5.74, 6) is -0.0898. The van der Waals surface area contributed by atoms with Gasteiger partial charge < -0.3 is 10.6 Å². The first-order chi connectivity index (χ1) is 10.8. The maximum Gasteiger partial charge on any atom is 0.165 e. The molecule has 4 nitrogen and oxygen atoms in total. The number of anilines is 2. The summed E-state index contributed by atoms with van der Waals surface area (Å²) in [6, 6.07) is 3.14. The predicted molar refractivity (Wildman–Crippen MR) is 96.0 cm³/mol. The van der Waals surface area contributed by atoms with Crippen molar-refractivity contribution in [3.8, 4) is 11.4 Å². The molecule has 6 heteroatoms. The Bertz CT molecular complexity index is 800. The molecule has 23 heavy (non-hydrogen) atoms. The fourth-order valence-electron chi connectivity index (χ4n) is 2.26. The van der Waals surface area contributed by atoms with Crippen molar-refractivity contribution in [2.24, 2.45) is 0 Å². The van der Waals surface area contributed by atoms with E-state index >= 15 is 0 Å². The van der Waals surface area contributed by atoms with Crippen molar-refractivity contribution in [3.63, 3.8) is 0 Å². The summed E-state index contributed by atoms with van der Waals surface area (Å²) >= 11 is 6.07. The van der Waals surface area contributed by atoms with Crippen LogP contribution in [0.2, 0.25) is 5.02 Å². The summed E-state index contributed by atoms with van der Waals surface area (Å²) in [4.78, 5) is 10.2. The number of allylic oxidation sites excluding steroid dienone is 1. The van der Waals surface area contributed by atoms with Crippen LogP contribution in [-0.2, 0) is 0 Å². The smallest absolute Gasteiger partial charge is 0.165 e. The zero-order chi connectivity index (χ0) is 17.3. The number of nitrogens with zero attached hydrogens (tertiary/aromatic N) is 3. The van der Waals surface area contributed by atoms with Crippen molar-refractivity contribution in [1.82, 2.24) is 9.97 Å². The molecular weight excluding hydrogens is 315 g/mol. The lowest BCUT2D eigenvalue weighted by Crippen LogP contribution is -2.12. The highest BCUT2D eigenvalue weighted by molar-refractivity contribution is 6.33. The average Bonchev–Trinajstić information content (AvgIpc) is 2.46. The van der Waals surface area contributed by atoms with E-state index in [-0.39, 0.29) is 22.9 Å². The molecule has 0 aliphatic rings. The molecule has 2 N–H and O–H groups in total. The van der Waals surface area contributed by atoms with E-state index < -0.39 is 5.82 Å². The third kappa shape index (κ3) is 3.05. The van der Waals surface area contributed by atoms with Gasteiger partial charge in [-0.25, -0.2) is 14.4 Å². The lowest BCUT2D eigenvalue weighted by Gasteiger charge is -2.18. The highest BCUT2D eigenvalue weighted by atomic mass is 35.5. The molecule has 2 rings (SSSR count). The van der Waals surface area contributed by atoms with Gasteiger partial charge in [0, 0.05) is 19.7 Å². The van der Waals surface area contributed by atoms with Crippen LogP contribution in [0.3, 0.4) is 0 Å². The van der Waals surface area contributed by atoms with Crippen LogP contribution in [0, 0.1) is 5.82 Å². The monoisotopic (exact) mass is 332 g/mol. The molecule has 1 aromatic heterocycles. The zero-order valence-electron chi connectivity index (χ0n) is 13.3. The van der Waals surface area contributed by atoms with Crippen molar-refractivity contribution >= 4 is 34.8 Å². The van der Waals surface area contributed by atoms with Crippen LogP contribution in [0.25, 0.3) is 23.0 Å². The molecule has 0 aliphatic heterocycles. The van der Waals surface area contributed by atoms with E-state index in [1.54, 1.807) is 38.1 Å². The van der Waals surface area contributed by atoms with Gasteiger partial charge in [-0.05, 0) is 24.6 Å². The van der Waals surface area contributed by atoms with Crippen molar-refractivity contribution in [1.29, 1.82) is 0 Å². The molecule has 0 fully saturated rings. The van der Waals surface area contributed by atoms with Crippen LogP contribution in [0.4, 0.5) is 15.9 Å². The number of aromatic nitrogens is 2. The van der Waals surface area contributed by atoms with Gasteiger partial charge in [0.15, 0.2) is 11.6 Å². The minimum atomic E-state index is -0.499. The van der Waals surface area contributed by atoms with Crippen LogP contribution in [0.5, 0.6) is 0 Å². The van der Waals surface area contributed by atoms with Gasteiger partial charge in [0.1, 0.15) is 5.82 Å². The summed E-state index contributed by atoms with van der Waals surface area (Å²) in [5.41, 5.74) is 8.29. The second-order valence-electron chi connectivity index (χ2n) is 5.33. The van der Waals surface area contributed by atoms with Crippen LogP contribution < -0.4 is 10.6 Å². The van der Waals surface area contributed by atoms with E-state index in [0.29, 0.717) is 21.9 Å². The number of hydrogen-bond donors (Lipinski definition) is 1. The molecule has 0 saturated carbocycles. The topological polar surface area (TPSA) is 55.0 Å². The number of benzene rings is 1. The van der Waals surface area contributed by atoms with Gasteiger partial charge in [-0.15, -0.1) is 0 Å². The summed E-state index contributed by atoms with van der Waals surface area (Å²) in [6.45, 7) is 9.37. The van der Waals surface area contributed by atoms with Gasteiger partial charge in [-0.1, -0.05) is 30.8 Å². The van der Waals surface area contributed by atoms with Crippen molar-refractivity contribution in [2.75, 3.05) is 24.7 Å². The number of hydrogen-bond acceptors (Lipinski definition) is 4. The molecule has 120 valence electrons. The fourth-order valence-corrected chi connectivity index (χ4v) is 2.57. The maximum atomic E-state index is 14.8. The van der Waals surface area contributed by atoms with Crippen LogP contribution in [-0.4, -0.2) is 24.1 Å². The molecule has 0 aliphatic carbocycles. The lowest BCUT2D eigenvalue weighted by atomic mass is 10.1. The van der Waals surface area contributed by atoms with Gasteiger partial charge in [0.25, 0.3) is 0 Å². The fraction of sp³-hybridized carbons (Fsp3) is 0.176. The molecule has 0 amide bonds. The number of nitrogen functional groups attached to an aromatic ring is 1. The van der Waals surface area contributed by atoms with Crippen LogP contribution in [0.15, 0.2) is 25.3 Å². The van der Waals surface area contributed by atoms with Crippen molar-refractivity contribution < 1.29 is 4.39 Å². The molecule has 0 unspecified atom stereocenters. The van der Waals surface area contributed by atoms with Crippen molar-refractivity contribution in [3.05, 3.63) is 47.4 Å². The summed E-state index contributed by atoms with van der Waals surface area (Å²) in [6.07, 6.45) is 1.56. The maximum absolute atomic E-state index is 14.8. The van der Waals surface area contributed by atoms with E-state index in [1.807, 2.05) is 0 Å².